The topological polar surface area (TPSA) is 114 Å². The third-order valence-corrected chi connectivity index (χ3v) is 4.15. The molecule has 2 aromatic rings. The second-order valence-corrected chi connectivity index (χ2v) is 6.39. The van der Waals surface area contributed by atoms with Crippen molar-refractivity contribution in [2.24, 2.45) is 0 Å². The number of thioether (sulfide) groups is 1. The van der Waals surface area contributed by atoms with E-state index in [1.54, 1.807) is 45.0 Å². The lowest BCUT2D eigenvalue weighted by Crippen LogP contribution is -2.25. The molecule has 1 amide bonds. The van der Waals surface area contributed by atoms with E-state index in [-0.39, 0.29) is 34.5 Å². The molecule has 0 bridgehead atoms. The summed E-state index contributed by atoms with van der Waals surface area (Å²) in [5.41, 5.74) is 0.544. The Labute approximate surface area is 148 Å². The quantitative estimate of drug-likeness (QED) is 0.594. The molecule has 1 heterocycles. The number of H-pyrrole nitrogens is 1. The number of ether oxygens (including phenoxy) is 1. The van der Waals surface area contributed by atoms with Gasteiger partial charge in [-0.3, -0.25) is 14.6 Å². The van der Waals surface area contributed by atoms with Gasteiger partial charge in [0.2, 0.25) is 5.91 Å². The number of hydrogen-bond acceptors (Lipinski definition) is 7. The van der Waals surface area contributed by atoms with E-state index in [4.69, 9.17) is 4.74 Å². The highest BCUT2D eigenvalue weighted by atomic mass is 32.2. The van der Waals surface area contributed by atoms with Gasteiger partial charge in [0.1, 0.15) is 5.69 Å². The van der Waals surface area contributed by atoms with Gasteiger partial charge in [0, 0.05) is 0 Å². The monoisotopic (exact) mass is 362 g/mol. The van der Waals surface area contributed by atoms with Crippen LogP contribution in [-0.4, -0.2) is 38.9 Å². The molecule has 25 heavy (non-hydrogen) atoms. The first-order chi connectivity index (χ1) is 11.9. The van der Waals surface area contributed by atoms with E-state index >= 15 is 0 Å². The van der Waals surface area contributed by atoms with Crippen LogP contribution < -0.4 is 10.9 Å². The molecule has 1 aromatic heterocycles. The van der Waals surface area contributed by atoms with Crippen molar-refractivity contribution in [3.05, 3.63) is 45.9 Å². The second-order valence-electron chi connectivity index (χ2n) is 5.06. The Bertz CT molecular complexity index is 837. The zero-order valence-corrected chi connectivity index (χ0v) is 14.8. The first-order valence-electron chi connectivity index (χ1n) is 7.59. The predicted molar refractivity (Wildman–Crippen MR) is 93.7 cm³/mol. The van der Waals surface area contributed by atoms with Crippen LogP contribution in [0.25, 0.3) is 0 Å². The zero-order chi connectivity index (χ0) is 18.4. The minimum absolute atomic E-state index is 0.243. The molecule has 0 radical (unpaired) electrons. The fourth-order valence-corrected chi connectivity index (χ4v) is 2.61. The summed E-state index contributed by atoms with van der Waals surface area (Å²) >= 11 is 1.06. The van der Waals surface area contributed by atoms with E-state index in [0.717, 1.165) is 11.8 Å². The lowest BCUT2D eigenvalue weighted by molar-refractivity contribution is -0.115. The Morgan fingerprint density at radius 2 is 2.04 bits per heavy atom. The molecule has 1 unspecified atom stereocenters. The van der Waals surface area contributed by atoms with Gasteiger partial charge >= 0.3 is 5.97 Å². The van der Waals surface area contributed by atoms with Crippen molar-refractivity contribution in [1.82, 2.24) is 15.2 Å². The molecule has 0 fully saturated rings. The SMILES string of the molecule is CCOC(=O)c1ccccc1NC(=O)C(C)Sc1nnc(C)c(=O)[nH]1. The van der Waals surface area contributed by atoms with Crippen LogP contribution in [0.3, 0.4) is 0 Å². The maximum atomic E-state index is 12.4. The molecule has 0 aliphatic heterocycles. The van der Waals surface area contributed by atoms with Crippen molar-refractivity contribution in [2.45, 2.75) is 31.2 Å². The van der Waals surface area contributed by atoms with Crippen molar-refractivity contribution in [1.29, 1.82) is 0 Å². The van der Waals surface area contributed by atoms with Crippen molar-refractivity contribution in [3.8, 4) is 0 Å². The van der Waals surface area contributed by atoms with E-state index in [2.05, 4.69) is 20.5 Å². The summed E-state index contributed by atoms with van der Waals surface area (Å²) in [6, 6.07) is 6.59. The average molecular weight is 362 g/mol. The van der Waals surface area contributed by atoms with Crippen LogP contribution >= 0.6 is 11.8 Å². The lowest BCUT2D eigenvalue weighted by Gasteiger charge is -2.13. The number of carbonyl (C=O) groups excluding carboxylic acids is 2. The number of rotatable bonds is 6. The number of aryl methyl sites for hydroxylation is 1. The summed E-state index contributed by atoms with van der Waals surface area (Å²) in [5.74, 6) is -0.850. The number of esters is 1. The number of nitrogens with zero attached hydrogens (tertiary/aromatic N) is 2. The Balaban J connectivity index is 2.10. The lowest BCUT2D eigenvalue weighted by atomic mass is 10.1. The number of aromatic amines is 1. The molecular formula is C16H18N4O4S. The number of para-hydroxylation sites is 1. The second kappa shape index (κ2) is 8.43. The number of amides is 1. The zero-order valence-electron chi connectivity index (χ0n) is 14.0. The third kappa shape index (κ3) is 4.90. The number of anilines is 1. The molecule has 0 saturated carbocycles. The highest BCUT2D eigenvalue weighted by Crippen LogP contribution is 2.21. The summed E-state index contributed by atoms with van der Waals surface area (Å²) in [6.45, 7) is 5.16. The summed E-state index contributed by atoms with van der Waals surface area (Å²) in [4.78, 5) is 38.4. The normalized spacial score (nSPS) is 11.6. The molecule has 2 rings (SSSR count). The van der Waals surface area contributed by atoms with E-state index in [1.807, 2.05) is 0 Å². The summed E-state index contributed by atoms with van der Waals surface area (Å²) in [7, 11) is 0. The van der Waals surface area contributed by atoms with Crippen molar-refractivity contribution in [3.63, 3.8) is 0 Å². The van der Waals surface area contributed by atoms with Crippen LogP contribution in [0.1, 0.15) is 29.9 Å². The van der Waals surface area contributed by atoms with Gasteiger partial charge in [-0.15, -0.1) is 10.2 Å². The minimum atomic E-state index is -0.567. The largest absolute Gasteiger partial charge is 0.462 e. The van der Waals surface area contributed by atoms with E-state index in [9.17, 15) is 14.4 Å². The summed E-state index contributed by atoms with van der Waals surface area (Å²) in [5, 5.41) is 9.94. The molecule has 0 aliphatic carbocycles. The van der Waals surface area contributed by atoms with Gasteiger partial charge in [-0.25, -0.2) is 4.79 Å². The van der Waals surface area contributed by atoms with Crippen LogP contribution in [-0.2, 0) is 9.53 Å². The van der Waals surface area contributed by atoms with Gasteiger partial charge in [-0.2, -0.15) is 0 Å². The Morgan fingerprint density at radius 1 is 1.32 bits per heavy atom. The van der Waals surface area contributed by atoms with Gasteiger partial charge in [0.25, 0.3) is 5.56 Å². The molecule has 2 N–H and O–H groups in total. The van der Waals surface area contributed by atoms with Crippen molar-refractivity contribution >= 4 is 29.3 Å². The average Bonchev–Trinajstić information content (AvgIpc) is 2.58. The van der Waals surface area contributed by atoms with E-state index < -0.39 is 11.2 Å². The summed E-state index contributed by atoms with van der Waals surface area (Å²) < 4.78 is 4.98. The van der Waals surface area contributed by atoms with Gasteiger partial charge in [0.05, 0.1) is 23.1 Å². The Kier molecular flexibility index (Phi) is 6.29. The van der Waals surface area contributed by atoms with Crippen LogP contribution in [0, 0.1) is 6.92 Å². The molecular weight excluding hydrogens is 344 g/mol. The van der Waals surface area contributed by atoms with Gasteiger partial charge in [-0.05, 0) is 32.9 Å². The number of benzene rings is 1. The molecule has 0 spiro atoms. The smallest absolute Gasteiger partial charge is 0.340 e. The predicted octanol–water partition coefficient (Wildman–Crippen LogP) is 1.77. The fraction of sp³-hybridized carbons (Fsp3) is 0.312. The number of carbonyl (C=O) groups is 2. The molecule has 0 aliphatic rings. The summed E-state index contributed by atoms with van der Waals surface area (Å²) in [6.07, 6.45) is 0. The molecule has 8 nitrogen and oxygen atoms in total. The molecule has 9 heteroatoms. The number of aromatic nitrogens is 3. The maximum absolute atomic E-state index is 12.4. The fourth-order valence-electron chi connectivity index (χ4n) is 1.87. The Hall–Kier alpha value is -2.68. The first kappa shape index (κ1) is 18.7. The number of hydrogen-bond donors (Lipinski definition) is 2. The molecule has 0 saturated heterocycles. The van der Waals surface area contributed by atoms with Gasteiger partial charge in [-0.1, -0.05) is 23.9 Å². The Morgan fingerprint density at radius 3 is 2.72 bits per heavy atom. The van der Waals surface area contributed by atoms with E-state index in [1.165, 1.54) is 0 Å². The van der Waals surface area contributed by atoms with Crippen LogP contribution in [0.15, 0.2) is 34.2 Å². The van der Waals surface area contributed by atoms with Crippen LogP contribution in [0.5, 0.6) is 0 Å². The first-order valence-corrected chi connectivity index (χ1v) is 8.47. The van der Waals surface area contributed by atoms with Crippen LogP contribution in [0.2, 0.25) is 0 Å². The van der Waals surface area contributed by atoms with Crippen molar-refractivity contribution in [2.75, 3.05) is 11.9 Å². The minimum Gasteiger partial charge on any atom is -0.462 e. The maximum Gasteiger partial charge on any atom is 0.340 e. The van der Waals surface area contributed by atoms with Gasteiger partial charge < -0.3 is 10.1 Å². The third-order valence-electron chi connectivity index (χ3n) is 3.18. The standard InChI is InChI=1S/C16H18N4O4S/c1-4-24-15(23)11-7-5-6-8-12(11)17-14(22)10(3)25-16-18-13(21)9(2)19-20-16/h5-8,10H,4H2,1-3H3,(H,17,22)(H,18,20,21). The number of nitrogens with one attached hydrogen (secondary N) is 2. The molecule has 1 atom stereocenters. The van der Waals surface area contributed by atoms with E-state index in [0.29, 0.717) is 5.69 Å². The van der Waals surface area contributed by atoms with Crippen molar-refractivity contribution < 1.29 is 14.3 Å². The molecule has 1 aromatic carbocycles. The van der Waals surface area contributed by atoms with Gasteiger partial charge in [0.15, 0.2) is 5.16 Å². The highest BCUT2D eigenvalue weighted by Gasteiger charge is 2.19. The van der Waals surface area contributed by atoms with Crippen LogP contribution in [0.4, 0.5) is 5.69 Å². The highest BCUT2D eigenvalue weighted by molar-refractivity contribution is 8.00. The molecule has 132 valence electrons.